The van der Waals surface area contributed by atoms with E-state index in [0.717, 1.165) is 40.9 Å². The highest BCUT2D eigenvalue weighted by molar-refractivity contribution is 7.85. The van der Waals surface area contributed by atoms with Crippen LogP contribution in [0, 0.1) is 0 Å². The molecule has 3 aliphatic rings. The number of benzene rings is 1. The number of carbonyl (C=O) groups excluding carboxylic acids is 4. The van der Waals surface area contributed by atoms with Crippen LogP contribution in [-0.2, 0) is 53.2 Å². The number of fused-ring (bicyclic) bond motifs is 1. The maximum Gasteiger partial charge on any atom is 0.409 e. The number of carboxylic acid groups (broad SMARTS) is 1. The van der Waals surface area contributed by atoms with E-state index >= 15 is 0 Å². The van der Waals surface area contributed by atoms with Crippen molar-refractivity contribution < 1.29 is 54.9 Å². The fourth-order valence-corrected chi connectivity index (χ4v) is 8.26. The molecule has 2 heterocycles. The second-order valence-electron chi connectivity index (χ2n) is 14.8. The summed E-state index contributed by atoms with van der Waals surface area (Å²) in [4.78, 5) is 67.6. The van der Waals surface area contributed by atoms with Crippen LogP contribution in [0.3, 0.4) is 0 Å². The van der Waals surface area contributed by atoms with Crippen LogP contribution in [0.2, 0.25) is 0 Å². The molecule has 0 spiro atoms. The van der Waals surface area contributed by atoms with E-state index in [1.807, 2.05) is 22.9 Å². The number of halogens is 3. The van der Waals surface area contributed by atoms with Crippen molar-refractivity contribution in [1.82, 2.24) is 25.2 Å². The Bertz CT molecular complexity index is 1730. The van der Waals surface area contributed by atoms with Crippen LogP contribution in [0.5, 0.6) is 0 Å². The van der Waals surface area contributed by atoms with Crippen molar-refractivity contribution in [2.45, 2.75) is 147 Å². The van der Waals surface area contributed by atoms with Gasteiger partial charge in [0.25, 0.3) is 5.91 Å². The number of likely N-dealkylation sites (tertiary alicyclic amines) is 1. The minimum absolute atomic E-state index is 0.00199. The zero-order valence-electron chi connectivity index (χ0n) is 31.5. The minimum Gasteiger partial charge on any atom is -0.465 e. The second kappa shape index (κ2) is 18.2. The van der Waals surface area contributed by atoms with Crippen LogP contribution in [0.1, 0.15) is 115 Å². The zero-order valence-corrected chi connectivity index (χ0v) is 32.3. The largest absolute Gasteiger partial charge is 0.465 e. The fourth-order valence-electron chi connectivity index (χ4n) is 7.10. The molecular formula is C37H52F3N5O9S. The number of amides is 5. The molecule has 1 saturated heterocycles. The van der Waals surface area contributed by atoms with Gasteiger partial charge in [0.1, 0.15) is 17.6 Å². The molecule has 1 saturated carbocycles. The van der Waals surface area contributed by atoms with Crippen molar-refractivity contribution in [2.24, 2.45) is 0 Å². The van der Waals surface area contributed by atoms with E-state index in [-0.39, 0.29) is 38.3 Å². The normalized spacial score (nSPS) is 19.4. The lowest BCUT2D eigenvalue weighted by Gasteiger charge is -2.35. The van der Waals surface area contributed by atoms with Gasteiger partial charge in [-0.1, -0.05) is 51.3 Å². The highest BCUT2D eigenvalue weighted by atomic mass is 32.2. The molecule has 0 bridgehead atoms. The third kappa shape index (κ3) is 12.1. The summed E-state index contributed by atoms with van der Waals surface area (Å²) in [5, 5.41) is 14.4. The molecule has 55 heavy (non-hydrogen) atoms. The van der Waals surface area contributed by atoms with Gasteiger partial charge in [-0.3, -0.25) is 24.1 Å². The maximum atomic E-state index is 13.7. The van der Waals surface area contributed by atoms with Gasteiger partial charge in [0.2, 0.25) is 17.7 Å². The first-order valence-corrected chi connectivity index (χ1v) is 20.2. The summed E-state index contributed by atoms with van der Waals surface area (Å²) in [5.41, 5.74) is 0.457. The molecule has 3 atom stereocenters. The summed E-state index contributed by atoms with van der Waals surface area (Å²) in [5.74, 6) is -3.38. The Labute approximate surface area is 319 Å². The van der Waals surface area contributed by atoms with Gasteiger partial charge in [0.05, 0.1) is 5.60 Å². The lowest BCUT2D eigenvalue weighted by atomic mass is 9.89. The summed E-state index contributed by atoms with van der Waals surface area (Å²) in [6, 6.07) is 2.86. The molecule has 5 amide bonds. The summed E-state index contributed by atoms with van der Waals surface area (Å²) < 4.78 is 72.0. The predicted molar refractivity (Wildman–Crippen MR) is 194 cm³/mol. The molecule has 2 fully saturated rings. The first-order valence-electron chi connectivity index (χ1n) is 18.8. The van der Waals surface area contributed by atoms with E-state index in [4.69, 9.17) is 4.18 Å². The van der Waals surface area contributed by atoms with Gasteiger partial charge in [-0.2, -0.15) is 21.6 Å². The summed E-state index contributed by atoms with van der Waals surface area (Å²) in [6.07, 6.45) is -0.312. The van der Waals surface area contributed by atoms with Gasteiger partial charge in [-0.25, -0.2) is 13.7 Å². The number of alkyl halides is 3. The van der Waals surface area contributed by atoms with Crippen molar-refractivity contribution in [2.75, 3.05) is 6.54 Å². The van der Waals surface area contributed by atoms with Crippen LogP contribution in [0.15, 0.2) is 30.4 Å². The molecule has 4 rings (SSSR count). The number of aryl methyl sites for hydroxylation is 1. The second-order valence-corrected chi connectivity index (χ2v) is 16.1. The van der Waals surface area contributed by atoms with E-state index in [1.165, 1.54) is 4.90 Å². The predicted octanol–water partition coefficient (Wildman–Crippen LogP) is 4.76. The van der Waals surface area contributed by atoms with Crippen molar-refractivity contribution in [3.63, 3.8) is 0 Å². The lowest BCUT2D eigenvalue weighted by Crippen LogP contribution is -2.63. The average Bonchev–Trinajstić information content (AvgIpc) is 3.46. The smallest absolute Gasteiger partial charge is 0.409 e. The maximum absolute atomic E-state index is 13.7. The molecule has 0 radical (unpaired) electrons. The Hall–Kier alpha value is -4.19. The molecule has 306 valence electrons. The lowest BCUT2D eigenvalue weighted by molar-refractivity contribution is -0.142. The highest BCUT2D eigenvalue weighted by Gasteiger charge is 2.47. The van der Waals surface area contributed by atoms with Crippen LogP contribution >= 0.6 is 0 Å². The molecule has 18 heteroatoms. The van der Waals surface area contributed by atoms with Gasteiger partial charge in [0, 0.05) is 32.1 Å². The Morgan fingerprint density at radius 1 is 1.07 bits per heavy atom. The summed E-state index contributed by atoms with van der Waals surface area (Å²) in [6.45, 7) is 5.59. The molecule has 0 aromatic heterocycles. The Morgan fingerprint density at radius 2 is 1.78 bits per heavy atom. The third-order valence-corrected chi connectivity index (χ3v) is 11.5. The summed E-state index contributed by atoms with van der Waals surface area (Å²) >= 11 is 0. The molecule has 14 nitrogen and oxygen atoms in total. The number of unbranched alkanes of at least 4 members (excludes halogenated alkanes) is 3. The molecule has 1 aliphatic carbocycles. The minimum atomic E-state index is -4.79. The number of hydrogen-bond acceptors (Lipinski definition) is 8. The Morgan fingerprint density at radius 3 is 2.42 bits per heavy atom. The van der Waals surface area contributed by atoms with E-state index in [2.05, 4.69) is 10.6 Å². The first-order chi connectivity index (χ1) is 25.8. The van der Waals surface area contributed by atoms with Crippen LogP contribution in [0.4, 0.5) is 18.0 Å². The first kappa shape index (κ1) is 43.5. The monoisotopic (exact) mass is 799 g/mol. The van der Waals surface area contributed by atoms with Crippen molar-refractivity contribution in [3.8, 4) is 0 Å². The topological polar surface area (TPSA) is 192 Å². The molecule has 3 unspecified atom stereocenters. The zero-order chi connectivity index (χ0) is 40.6. The molecule has 1 aromatic rings. The van der Waals surface area contributed by atoms with Crippen LogP contribution in [-0.4, -0.2) is 89.0 Å². The molecule has 4 N–H and O–H groups in total. The molecule has 1 aromatic carbocycles. The number of carbonyl (C=O) groups is 5. The Kier molecular flexibility index (Phi) is 14.4. The van der Waals surface area contributed by atoms with Crippen molar-refractivity contribution in [3.05, 3.63) is 47.0 Å². The van der Waals surface area contributed by atoms with E-state index in [0.29, 0.717) is 57.7 Å². The van der Waals surface area contributed by atoms with Gasteiger partial charge in [0.15, 0.2) is 0 Å². The van der Waals surface area contributed by atoms with Crippen LogP contribution < -0.4 is 15.4 Å². The fraction of sp³-hybridized carbons (Fsp3) is 0.649. The van der Waals surface area contributed by atoms with E-state index in [1.54, 1.807) is 20.8 Å². The number of nitrogens with one attached hydrogen (secondary N) is 3. The van der Waals surface area contributed by atoms with Gasteiger partial charge >= 0.3 is 22.6 Å². The molecule has 2 aliphatic heterocycles. The summed E-state index contributed by atoms with van der Waals surface area (Å²) in [7, 11) is -4.51. The Balaban J connectivity index is 1.34. The molecular weight excluding hydrogens is 747 g/mol. The number of nitrogens with zero attached hydrogens (tertiary/aromatic N) is 2. The number of hydrogen-bond donors (Lipinski definition) is 4. The quantitative estimate of drug-likeness (QED) is 0.113. The van der Waals surface area contributed by atoms with Gasteiger partial charge in [-0.15, -0.1) is 0 Å². The van der Waals surface area contributed by atoms with Gasteiger partial charge < -0.3 is 20.6 Å². The average molecular weight is 800 g/mol. The SMILES string of the molecule is CCCC(CC)(NC(=O)C1CCCN1C(=O)C(C=CC(F)(F)F)NC(=O)CCCCCCc1cccc2c1CN(C(=O)O)C2)C(=O)NS(=O)(=O)OC1(C)CC1. The van der Waals surface area contributed by atoms with Crippen molar-refractivity contribution >= 4 is 40.0 Å². The standard InChI is InChI=1S/C37H52F3N5O9S/c1-4-18-36(5-2,33(49)43-55(52,53)54-35(3)20-21-35)42-31(47)29-15-11-22-45(29)32(48)28(17-19-37(38,39)40)41-30(46)16-9-7-6-8-12-25-13-10-14-26-23-44(34(50)51)24-27(25)26/h10,13-14,17,19,28-29H,4-9,11-12,15-16,18,20-24H2,1-3H3,(H,41,46)(H,42,47)(H,43,49)(H,50,51). The number of rotatable bonds is 19. The van der Waals surface area contributed by atoms with Crippen molar-refractivity contribution in [1.29, 1.82) is 0 Å². The number of allylic oxidation sites excluding steroid dienone is 1. The highest BCUT2D eigenvalue weighted by Crippen LogP contribution is 2.40. The van der Waals surface area contributed by atoms with Crippen LogP contribution in [0.25, 0.3) is 0 Å². The van der Waals surface area contributed by atoms with E-state index in [9.17, 15) is 50.7 Å². The van der Waals surface area contributed by atoms with E-state index < -0.39 is 69.4 Å². The third-order valence-electron chi connectivity index (χ3n) is 10.4. The van der Waals surface area contributed by atoms with Gasteiger partial charge in [-0.05, 0) is 87.5 Å².